The number of aryl methyl sites for hydroxylation is 1. The summed E-state index contributed by atoms with van der Waals surface area (Å²) in [5.41, 5.74) is 1.35. The van der Waals surface area contributed by atoms with E-state index in [-0.39, 0.29) is 0 Å². The summed E-state index contributed by atoms with van der Waals surface area (Å²) in [5.74, 6) is 2.01. The number of benzene rings is 2. The van der Waals surface area contributed by atoms with E-state index in [1.54, 1.807) is 11.8 Å². The Hall–Kier alpha value is -1.81. The van der Waals surface area contributed by atoms with Gasteiger partial charge in [-0.2, -0.15) is 0 Å². The Morgan fingerprint density at radius 1 is 1.00 bits per heavy atom. The van der Waals surface area contributed by atoms with E-state index in [1.165, 1.54) is 16.3 Å². The van der Waals surface area contributed by atoms with Gasteiger partial charge in [0.1, 0.15) is 5.82 Å². The minimum atomic E-state index is 0.924. The fraction of sp³-hybridized carbons (Fsp3) is 0.333. The van der Waals surface area contributed by atoms with Crippen LogP contribution in [0.15, 0.2) is 47.6 Å². The van der Waals surface area contributed by atoms with Crippen molar-refractivity contribution < 1.29 is 0 Å². The van der Waals surface area contributed by atoms with Crippen molar-refractivity contribution >= 4 is 22.5 Å². The van der Waals surface area contributed by atoms with Crippen molar-refractivity contribution in [2.75, 3.05) is 0 Å². The molecule has 0 aliphatic rings. The average molecular weight is 311 g/mol. The summed E-state index contributed by atoms with van der Waals surface area (Å²) in [4.78, 5) is 0. The summed E-state index contributed by atoms with van der Waals surface area (Å²) in [6, 6.07) is 15.1. The Bertz CT molecular complexity index is 759. The third kappa shape index (κ3) is 3.02. The number of rotatable bonds is 6. The Balaban J connectivity index is 1.84. The van der Waals surface area contributed by atoms with Gasteiger partial charge in [0.25, 0.3) is 0 Å². The summed E-state index contributed by atoms with van der Waals surface area (Å²) in [7, 11) is 0. The molecule has 0 fully saturated rings. The van der Waals surface area contributed by atoms with Gasteiger partial charge in [0, 0.05) is 18.7 Å². The zero-order chi connectivity index (χ0) is 15.4. The van der Waals surface area contributed by atoms with E-state index < -0.39 is 0 Å². The second-order valence-corrected chi connectivity index (χ2v) is 6.27. The van der Waals surface area contributed by atoms with E-state index in [4.69, 9.17) is 0 Å². The van der Waals surface area contributed by atoms with Crippen molar-refractivity contribution in [3.63, 3.8) is 0 Å². The minimum absolute atomic E-state index is 0.924. The van der Waals surface area contributed by atoms with Crippen LogP contribution in [0.3, 0.4) is 0 Å². The average Bonchev–Trinajstić information content (AvgIpc) is 2.95. The Morgan fingerprint density at radius 2 is 1.82 bits per heavy atom. The van der Waals surface area contributed by atoms with Crippen molar-refractivity contribution in [2.45, 2.75) is 44.1 Å². The quantitative estimate of drug-likeness (QED) is 0.618. The van der Waals surface area contributed by atoms with Crippen LogP contribution in [-0.2, 0) is 18.7 Å². The number of thioether (sulfide) groups is 1. The first-order valence-electron chi connectivity index (χ1n) is 7.85. The third-order valence-corrected chi connectivity index (χ3v) is 4.81. The molecule has 3 aromatic rings. The zero-order valence-electron chi connectivity index (χ0n) is 13.1. The van der Waals surface area contributed by atoms with Gasteiger partial charge in [-0.25, -0.2) is 0 Å². The predicted octanol–water partition coefficient (Wildman–Crippen LogP) is 4.70. The Kier molecular flexibility index (Phi) is 4.78. The molecule has 0 N–H and O–H groups in total. The van der Waals surface area contributed by atoms with Crippen LogP contribution in [0.5, 0.6) is 0 Å². The van der Waals surface area contributed by atoms with Gasteiger partial charge in [-0.1, -0.05) is 68.1 Å². The lowest BCUT2D eigenvalue weighted by Crippen LogP contribution is -2.04. The fourth-order valence-corrected chi connectivity index (χ4v) is 3.68. The van der Waals surface area contributed by atoms with Crippen molar-refractivity contribution in [3.05, 3.63) is 53.9 Å². The summed E-state index contributed by atoms with van der Waals surface area (Å²) < 4.78 is 2.26. The van der Waals surface area contributed by atoms with Gasteiger partial charge in [0.05, 0.1) is 0 Å². The Morgan fingerprint density at radius 3 is 2.64 bits per heavy atom. The molecule has 0 unspecified atom stereocenters. The molecule has 2 aromatic carbocycles. The molecule has 1 aromatic heterocycles. The molecule has 1 heterocycles. The number of aromatic nitrogens is 3. The highest BCUT2D eigenvalue weighted by molar-refractivity contribution is 7.98. The first-order chi connectivity index (χ1) is 10.8. The van der Waals surface area contributed by atoms with Crippen LogP contribution in [0.25, 0.3) is 10.8 Å². The maximum absolute atomic E-state index is 4.38. The van der Waals surface area contributed by atoms with Gasteiger partial charge < -0.3 is 4.57 Å². The van der Waals surface area contributed by atoms with E-state index >= 15 is 0 Å². The molecule has 0 spiro atoms. The highest BCUT2D eigenvalue weighted by atomic mass is 32.2. The number of nitrogens with zero attached hydrogens (tertiary/aromatic N) is 3. The van der Waals surface area contributed by atoms with Crippen LogP contribution in [0.2, 0.25) is 0 Å². The van der Waals surface area contributed by atoms with Gasteiger partial charge in [0.15, 0.2) is 5.16 Å². The van der Waals surface area contributed by atoms with Crippen molar-refractivity contribution in [1.29, 1.82) is 0 Å². The van der Waals surface area contributed by atoms with Crippen LogP contribution in [0.1, 0.15) is 31.7 Å². The molecule has 0 saturated carbocycles. The van der Waals surface area contributed by atoms with E-state index in [1.807, 2.05) is 0 Å². The maximum atomic E-state index is 4.38. The summed E-state index contributed by atoms with van der Waals surface area (Å²) in [6.07, 6.45) is 2.04. The van der Waals surface area contributed by atoms with Crippen molar-refractivity contribution in [2.24, 2.45) is 0 Å². The van der Waals surface area contributed by atoms with Crippen LogP contribution in [-0.4, -0.2) is 14.8 Å². The number of hydrogen-bond donors (Lipinski definition) is 0. The van der Waals surface area contributed by atoms with Gasteiger partial charge >= 0.3 is 0 Å². The fourth-order valence-electron chi connectivity index (χ4n) is 2.70. The van der Waals surface area contributed by atoms with Crippen molar-refractivity contribution in [3.8, 4) is 0 Å². The highest BCUT2D eigenvalue weighted by Gasteiger charge is 2.11. The topological polar surface area (TPSA) is 30.7 Å². The Labute approximate surface area is 135 Å². The third-order valence-electron chi connectivity index (χ3n) is 3.79. The molecule has 0 aliphatic carbocycles. The largest absolute Gasteiger partial charge is 0.306 e. The molecule has 0 saturated heterocycles. The summed E-state index contributed by atoms with van der Waals surface area (Å²) >= 11 is 1.78. The molecule has 22 heavy (non-hydrogen) atoms. The van der Waals surface area contributed by atoms with Gasteiger partial charge in [0.2, 0.25) is 0 Å². The molecule has 0 bridgehead atoms. The maximum Gasteiger partial charge on any atom is 0.191 e. The molecular weight excluding hydrogens is 290 g/mol. The molecule has 3 nitrogen and oxygen atoms in total. The van der Waals surface area contributed by atoms with Crippen LogP contribution >= 0.6 is 11.8 Å². The first kappa shape index (κ1) is 15.1. The predicted molar refractivity (Wildman–Crippen MR) is 93.2 cm³/mol. The van der Waals surface area contributed by atoms with Gasteiger partial charge in [-0.3, -0.25) is 0 Å². The lowest BCUT2D eigenvalue weighted by Gasteiger charge is -2.09. The van der Waals surface area contributed by atoms with E-state index in [2.05, 4.69) is 71.1 Å². The lowest BCUT2D eigenvalue weighted by atomic mass is 10.1. The van der Waals surface area contributed by atoms with Gasteiger partial charge in [-0.05, 0) is 22.8 Å². The lowest BCUT2D eigenvalue weighted by molar-refractivity contribution is 0.595. The van der Waals surface area contributed by atoms with E-state index in [9.17, 15) is 0 Å². The van der Waals surface area contributed by atoms with Crippen LogP contribution in [0, 0.1) is 0 Å². The minimum Gasteiger partial charge on any atom is -0.306 e. The highest BCUT2D eigenvalue weighted by Crippen LogP contribution is 2.27. The standard InChI is InChI=1S/C18H21N3S/c1-3-12-21-17(4-2)19-20-18(21)22-13-15-10-7-9-14-8-5-6-11-16(14)15/h5-11H,3-4,12-13H2,1-2H3. The number of hydrogen-bond acceptors (Lipinski definition) is 3. The van der Waals surface area contributed by atoms with Crippen LogP contribution in [0.4, 0.5) is 0 Å². The number of fused-ring (bicyclic) bond motifs is 1. The summed E-state index contributed by atoms with van der Waals surface area (Å²) in [6.45, 7) is 5.32. The SMILES string of the molecule is CCCn1c(CC)nnc1SCc1cccc2ccccc12. The molecule has 4 heteroatoms. The zero-order valence-corrected chi connectivity index (χ0v) is 13.9. The van der Waals surface area contributed by atoms with Crippen LogP contribution < -0.4 is 0 Å². The van der Waals surface area contributed by atoms with Crippen molar-refractivity contribution in [1.82, 2.24) is 14.8 Å². The summed E-state index contributed by atoms with van der Waals surface area (Å²) in [5, 5.41) is 12.4. The molecule has 0 radical (unpaired) electrons. The molecule has 0 aliphatic heterocycles. The van der Waals surface area contributed by atoms with E-state index in [0.717, 1.165) is 36.1 Å². The molecule has 3 rings (SSSR count). The first-order valence-corrected chi connectivity index (χ1v) is 8.83. The second-order valence-electron chi connectivity index (χ2n) is 5.33. The molecule has 114 valence electrons. The molecular formula is C18H21N3S. The van der Waals surface area contributed by atoms with Gasteiger partial charge in [-0.15, -0.1) is 10.2 Å². The molecule has 0 amide bonds. The normalized spacial score (nSPS) is 11.2. The molecule has 0 atom stereocenters. The smallest absolute Gasteiger partial charge is 0.191 e. The second kappa shape index (κ2) is 6.97. The monoisotopic (exact) mass is 311 g/mol. The van der Waals surface area contributed by atoms with E-state index in [0.29, 0.717) is 0 Å².